The highest BCUT2D eigenvalue weighted by Crippen LogP contribution is 2.40. The second-order valence-corrected chi connectivity index (χ2v) is 8.20. The van der Waals surface area contributed by atoms with Crippen molar-refractivity contribution < 1.29 is 4.79 Å². The topological polar surface area (TPSA) is 50.2 Å². The highest BCUT2D eigenvalue weighted by Gasteiger charge is 2.39. The predicted molar refractivity (Wildman–Crippen MR) is 108 cm³/mol. The van der Waals surface area contributed by atoms with Gasteiger partial charge in [-0.25, -0.2) is 4.68 Å². The third kappa shape index (κ3) is 3.50. The first-order valence-corrected chi connectivity index (χ1v) is 9.90. The first-order chi connectivity index (χ1) is 12.7. The minimum Gasteiger partial charge on any atom is -0.337 e. The lowest BCUT2D eigenvalue weighted by molar-refractivity contribution is 0.0599. The van der Waals surface area contributed by atoms with Crippen LogP contribution in [0.15, 0.2) is 36.4 Å². The van der Waals surface area contributed by atoms with Crippen molar-refractivity contribution in [2.45, 2.75) is 38.0 Å². The molecule has 6 heteroatoms. The molecule has 1 amide bonds. The average molecular weight is 387 g/mol. The quantitative estimate of drug-likeness (QED) is 0.879. The van der Waals surface area contributed by atoms with Gasteiger partial charge >= 0.3 is 0 Å². The van der Waals surface area contributed by atoms with Crippen molar-refractivity contribution in [1.29, 1.82) is 0 Å². The number of rotatable bonds is 3. The normalized spacial score (nSPS) is 21.3. The summed E-state index contributed by atoms with van der Waals surface area (Å²) in [7, 11) is 0. The minimum atomic E-state index is 0. The summed E-state index contributed by atoms with van der Waals surface area (Å²) in [4.78, 5) is 15.3. The number of hydrogen-bond donors (Lipinski definition) is 1. The lowest BCUT2D eigenvalue weighted by Crippen LogP contribution is -2.44. The minimum absolute atomic E-state index is 0. The van der Waals surface area contributed by atoms with E-state index in [1.807, 2.05) is 46.0 Å². The first-order valence-electron chi connectivity index (χ1n) is 9.90. The van der Waals surface area contributed by atoms with Gasteiger partial charge in [0.05, 0.1) is 11.4 Å². The van der Waals surface area contributed by atoms with Crippen LogP contribution in [0, 0.1) is 5.41 Å². The molecule has 1 N–H and O–H groups in total. The number of carbonyl (C=O) groups is 1. The monoisotopic (exact) mass is 386 g/mol. The van der Waals surface area contributed by atoms with E-state index in [2.05, 4.69) is 5.32 Å². The number of likely N-dealkylation sites (tertiary alicyclic amines) is 1. The van der Waals surface area contributed by atoms with E-state index in [0.29, 0.717) is 11.3 Å². The molecule has 3 aliphatic rings. The Morgan fingerprint density at radius 1 is 1.11 bits per heavy atom. The van der Waals surface area contributed by atoms with E-state index in [9.17, 15) is 4.79 Å². The summed E-state index contributed by atoms with van der Waals surface area (Å²) in [6, 6.07) is 12.1. The molecular formula is C21H27ClN4O. The van der Waals surface area contributed by atoms with Gasteiger partial charge in [0.25, 0.3) is 5.91 Å². The average Bonchev–Trinajstić information content (AvgIpc) is 3.28. The molecule has 2 aliphatic heterocycles. The molecule has 0 atom stereocenters. The number of benzene rings is 1. The largest absolute Gasteiger partial charge is 0.337 e. The van der Waals surface area contributed by atoms with Crippen molar-refractivity contribution in [3.8, 4) is 5.69 Å². The zero-order valence-corrected chi connectivity index (χ0v) is 16.4. The molecule has 144 valence electrons. The molecule has 1 aliphatic carbocycles. The van der Waals surface area contributed by atoms with Crippen molar-refractivity contribution in [2.24, 2.45) is 5.41 Å². The molecule has 1 aromatic carbocycles. The number of nitrogens with zero attached hydrogens (tertiary/aromatic N) is 3. The third-order valence-corrected chi connectivity index (χ3v) is 6.39. The highest BCUT2D eigenvalue weighted by molar-refractivity contribution is 5.93. The second kappa shape index (κ2) is 7.28. The standard InChI is InChI=1S/C21H26N4O.ClH/c26-20(24-12-9-21(10-13-24)8-11-22-15-21)19-14-18(16-6-7-16)23-25(19)17-4-2-1-3-5-17;/h1-5,14,16,22H,6-13,15H2;1H. The third-order valence-electron chi connectivity index (χ3n) is 6.39. The van der Waals surface area contributed by atoms with Crippen molar-refractivity contribution >= 4 is 18.3 Å². The summed E-state index contributed by atoms with van der Waals surface area (Å²) in [5.74, 6) is 0.676. The van der Waals surface area contributed by atoms with Gasteiger partial charge in [-0.3, -0.25) is 4.79 Å². The lowest BCUT2D eigenvalue weighted by Gasteiger charge is -2.38. The van der Waals surface area contributed by atoms with Gasteiger partial charge < -0.3 is 10.2 Å². The van der Waals surface area contributed by atoms with Crippen molar-refractivity contribution in [3.05, 3.63) is 47.8 Å². The number of amides is 1. The Hall–Kier alpha value is -1.85. The fourth-order valence-electron chi connectivity index (χ4n) is 4.46. The highest BCUT2D eigenvalue weighted by atomic mass is 35.5. The van der Waals surface area contributed by atoms with Crippen LogP contribution >= 0.6 is 12.4 Å². The smallest absolute Gasteiger partial charge is 0.272 e. The molecule has 5 rings (SSSR count). The number of carbonyl (C=O) groups excluding carboxylic acids is 1. The molecule has 1 saturated carbocycles. The van der Waals surface area contributed by atoms with E-state index < -0.39 is 0 Å². The zero-order chi connectivity index (χ0) is 17.6. The van der Waals surface area contributed by atoms with Crippen LogP contribution in [0.25, 0.3) is 5.69 Å². The molecule has 5 nitrogen and oxygen atoms in total. The molecular weight excluding hydrogens is 360 g/mol. The molecule has 0 bridgehead atoms. The molecule has 3 heterocycles. The molecule has 2 aromatic rings. The van der Waals surface area contributed by atoms with Crippen molar-refractivity contribution in [2.75, 3.05) is 26.2 Å². The Kier molecular flexibility index (Phi) is 4.99. The van der Waals surface area contributed by atoms with Crippen molar-refractivity contribution in [3.63, 3.8) is 0 Å². The first kappa shape index (κ1) is 18.5. The number of nitrogens with one attached hydrogen (secondary N) is 1. The fraction of sp³-hybridized carbons (Fsp3) is 0.524. The maximum Gasteiger partial charge on any atom is 0.272 e. The predicted octanol–water partition coefficient (Wildman–Crippen LogP) is 3.39. The van der Waals surface area contributed by atoms with Crippen LogP contribution in [0.5, 0.6) is 0 Å². The molecule has 3 fully saturated rings. The van der Waals surface area contributed by atoms with Gasteiger partial charge in [-0.05, 0) is 62.3 Å². The molecule has 27 heavy (non-hydrogen) atoms. The number of halogens is 1. The number of aromatic nitrogens is 2. The Labute approximate surface area is 166 Å². The van der Waals surface area contributed by atoms with E-state index in [4.69, 9.17) is 5.10 Å². The van der Waals surface area contributed by atoms with Crippen LogP contribution < -0.4 is 5.32 Å². The zero-order valence-electron chi connectivity index (χ0n) is 15.6. The van der Waals surface area contributed by atoms with Gasteiger partial charge in [-0.15, -0.1) is 12.4 Å². The summed E-state index contributed by atoms with van der Waals surface area (Å²) in [6.45, 7) is 3.96. The van der Waals surface area contributed by atoms with Gasteiger partial charge in [0.15, 0.2) is 0 Å². The summed E-state index contributed by atoms with van der Waals surface area (Å²) in [6.07, 6.45) is 5.86. The van der Waals surface area contributed by atoms with Gasteiger partial charge in [0, 0.05) is 25.6 Å². The molecule has 1 spiro atoms. The summed E-state index contributed by atoms with van der Waals surface area (Å²) < 4.78 is 1.86. The van der Waals surface area contributed by atoms with Crippen molar-refractivity contribution in [1.82, 2.24) is 20.0 Å². The van der Waals surface area contributed by atoms with Crippen LogP contribution in [0.2, 0.25) is 0 Å². The van der Waals surface area contributed by atoms with Crippen LogP contribution in [0.4, 0.5) is 0 Å². The molecule has 0 unspecified atom stereocenters. The van der Waals surface area contributed by atoms with Crippen LogP contribution in [-0.2, 0) is 0 Å². The van der Waals surface area contributed by atoms with Crippen LogP contribution in [0.1, 0.15) is 54.2 Å². The summed E-state index contributed by atoms with van der Waals surface area (Å²) in [5, 5.41) is 8.28. The van der Waals surface area contributed by atoms with Crippen LogP contribution in [-0.4, -0.2) is 46.8 Å². The number of hydrogen-bond acceptors (Lipinski definition) is 3. The van der Waals surface area contributed by atoms with E-state index in [0.717, 1.165) is 56.1 Å². The molecule has 0 radical (unpaired) electrons. The van der Waals surface area contributed by atoms with Gasteiger partial charge in [0.1, 0.15) is 5.69 Å². The molecule has 2 saturated heterocycles. The van der Waals surface area contributed by atoms with Gasteiger partial charge in [0.2, 0.25) is 0 Å². The van der Waals surface area contributed by atoms with Crippen LogP contribution in [0.3, 0.4) is 0 Å². The maximum atomic E-state index is 13.3. The molecule has 1 aromatic heterocycles. The Morgan fingerprint density at radius 2 is 1.85 bits per heavy atom. The van der Waals surface area contributed by atoms with E-state index in [1.165, 1.54) is 19.3 Å². The Balaban J connectivity index is 0.00000180. The van der Waals surface area contributed by atoms with Gasteiger partial charge in [-0.1, -0.05) is 18.2 Å². The Bertz CT molecular complexity index is 799. The number of piperidine rings is 1. The SMILES string of the molecule is Cl.O=C(c1cc(C2CC2)nn1-c1ccccc1)N1CCC2(CCNC2)CC1. The second-order valence-electron chi connectivity index (χ2n) is 8.20. The van der Waals surface area contributed by atoms with Gasteiger partial charge in [-0.2, -0.15) is 5.10 Å². The fourth-order valence-corrected chi connectivity index (χ4v) is 4.46. The number of para-hydroxylation sites is 1. The maximum absolute atomic E-state index is 13.3. The summed E-state index contributed by atoms with van der Waals surface area (Å²) in [5.41, 5.74) is 3.19. The summed E-state index contributed by atoms with van der Waals surface area (Å²) >= 11 is 0. The van der Waals surface area contributed by atoms with E-state index >= 15 is 0 Å². The van der Waals surface area contributed by atoms with E-state index in [-0.39, 0.29) is 18.3 Å². The lowest BCUT2D eigenvalue weighted by atomic mass is 9.78. The Morgan fingerprint density at radius 3 is 2.48 bits per heavy atom. The van der Waals surface area contributed by atoms with E-state index in [1.54, 1.807) is 0 Å².